The number of rotatable bonds is 17. The summed E-state index contributed by atoms with van der Waals surface area (Å²) in [6.07, 6.45) is 26.9. The van der Waals surface area contributed by atoms with Gasteiger partial charge < -0.3 is 5.11 Å². The molecule has 0 spiro atoms. The van der Waals surface area contributed by atoms with Crippen LogP contribution in [-0.4, -0.2) is 11.7 Å². The SMILES string of the molecule is CCCCCCCCCC[CH]CCCCCCC=CCO. The summed E-state index contributed by atoms with van der Waals surface area (Å²) in [5, 5.41) is 8.60. The number of aliphatic hydroxyl groups is 1. The maximum atomic E-state index is 8.60. The molecule has 0 fully saturated rings. The van der Waals surface area contributed by atoms with E-state index in [0.717, 1.165) is 6.42 Å². The van der Waals surface area contributed by atoms with Gasteiger partial charge in [0.2, 0.25) is 0 Å². The van der Waals surface area contributed by atoms with E-state index < -0.39 is 0 Å². The Hall–Kier alpha value is -0.300. The van der Waals surface area contributed by atoms with Crippen LogP contribution in [-0.2, 0) is 0 Å². The first-order chi connectivity index (χ1) is 10.4. The van der Waals surface area contributed by atoms with Gasteiger partial charge in [0.25, 0.3) is 0 Å². The number of hydrogen-bond donors (Lipinski definition) is 1. The fourth-order valence-corrected chi connectivity index (χ4v) is 2.66. The smallest absolute Gasteiger partial charge is 0.0612 e. The highest BCUT2D eigenvalue weighted by atomic mass is 16.2. The van der Waals surface area contributed by atoms with Crippen molar-refractivity contribution in [2.24, 2.45) is 0 Å². The molecule has 0 atom stereocenters. The van der Waals surface area contributed by atoms with Gasteiger partial charge in [-0.2, -0.15) is 0 Å². The second-order valence-electron chi connectivity index (χ2n) is 6.20. The summed E-state index contributed by atoms with van der Waals surface area (Å²) >= 11 is 0. The Labute approximate surface area is 134 Å². The molecule has 0 rings (SSSR count). The van der Waals surface area contributed by atoms with E-state index in [4.69, 9.17) is 5.11 Å². The molecule has 0 saturated carbocycles. The highest BCUT2D eigenvalue weighted by Crippen LogP contribution is 2.13. The molecule has 1 heteroatoms. The van der Waals surface area contributed by atoms with Gasteiger partial charge in [0, 0.05) is 0 Å². The van der Waals surface area contributed by atoms with Gasteiger partial charge in [0.15, 0.2) is 0 Å². The van der Waals surface area contributed by atoms with E-state index in [-0.39, 0.29) is 6.61 Å². The van der Waals surface area contributed by atoms with Crippen LogP contribution >= 0.6 is 0 Å². The molecule has 1 nitrogen and oxygen atoms in total. The second-order valence-corrected chi connectivity index (χ2v) is 6.20. The zero-order chi connectivity index (χ0) is 15.4. The largest absolute Gasteiger partial charge is 0.392 e. The summed E-state index contributed by atoms with van der Waals surface area (Å²) in [7, 11) is 0. The topological polar surface area (TPSA) is 20.2 Å². The minimum atomic E-state index is 0.188. The number of aliphatic hydroxyl groups excluding tert-OH is 1. The molecule has 21 heavy (non-hydrogen) atoms. The Bertz CT molecular complexity index is 198. The summed E-state index contributed by atoms with van der Waals surface area (Å²) in [4.78, 5) is 0. The van der Waals surface area contributed by atoms with Crippen molar-refractivity contribution in [1.82, 2.24) is 0 Å². The lowest BCUT2D eigenvalue weighted by molar-refractivity contribution is 0.342. The summed E-state index contributed by atoms with van der Waals surface area (Å²) < 4.78 is 0. The molecule has 0 heterocycles. The molecule has 0 aromatic carbocycles. The number of hydrogen-bond acceptors (Lipinski definition) is 1. The van der Waals surface area contributed by atoms with Crippen molar-refractivity contribution in [3.05, 3.63) is 18.6 Å². The van der Waals surface area contributed by atoms with Crippen molar-refractivity contribution < 1.29 is 5.11 Å². The quantitative estimate of drug-likeness (QED) is 0.236. The van der Waals surface area contributed by atoms with Gasteiger partial charge in [-0.15, -0.1) is 0 Å². The first-order valence-corrected chi connectivity index (χ1v) is 9.49. The van der Waals surface area contributed by atoms with E-state index in [0.29, 0.717) is 0 Å². The van der Waals surface area contributed by atoms with Crippen LogP contribution in [0.4, 0.5) is 0 Å². The van der Waals surface area contributed by atoms with Crippen LogP contribution in [0.2, 0.25) is 0 Å². The average molecular weight is 296 g/mol. The predicted octanol–water partition coefficient (Wildman–Crippen LogP) is 6.61. The van der Waals surface area contributed by atoms with Crippen molar-refractivity contribution in [3.63, 3.8) is 0 Å². The minimum Gasteiger partial charge on any atom is -0.392 e. The third-order valence-electron chi connectivity index (χ3n) is 4.06. The van der Waals surface area contributed by atoms with Crippen LogP contribution < -0.4 is 0 Å². The molecule has 0 amide bonds. The first-order valence-electron chi connectivity index (χ1n) is 9.49. The highest BCUT2D eigenvalue weighted by molar-refractivity contribution is 4.80. The van der Waals surface area contributed by atoms with Crippen molar-refractivity contribution in [1.29, 1.82) is 0 Å². The molecular formula is C20H39O. The second kappa shape index (κ2) is 19.7. The van der Waals surface area contributed by atoms with Crippen LogP contribution in [0.3, 0.4) is 0 Å². The Kier molecular flexibility index (Phi) is 19.4. The van der Waals surface area contributed by atoms with Gasteiger partial charge in [0.1, 0.15) is 0 Å². The lowest BCUT2D eigenvalue weighted by Gasteiger charge is -2.02. The summed E-state index contributed by atoms with van der Waals surface area (Å²) in [5.74, 6) is 0. The van der Waals surface area contributed by atoms with E-state index in [1.54, 1.807) is 0 Å². The third-order valence-corrected chi connectivity index (χ3v) is 4.06. The van der Waals surface area contributed by atoms with Crippen molar-refractivity contribution in [2.45, 2.75) is 103 Å². The fraction of sp³-hybridized carbons (Fsp3) is 0.850. The monoisotopic (exact) mass is 295 g/mol. The molecule has 0 bridgehead atoms. The zero-order valence-corrected chi connectivity index (χ0v) is 14.5. The first kappa shape index (κ1) is 20.7. The molecule has 0 aliphatic heterocycles. The van der Waals surface area contributed by atoms with E-state index in [2.05, 4.69) is 19.4 Å². The number of unbranched alkanes of at least 4 members (excludes halogenated alkanes) is 15. The molecule has 0 aromatic heterocycles. The van der Waals surface area contributed by atoms with Crippen molar-refractivity contribution in [2.75, 3.05) is 6.61 Å². The maximum Gasteiger partial charge on any atom is 0.0612 e. The van der Waals surface area contributed by atoms with Gasteiger partial charge >= 0.3 is 0 Å². The summed E-state index contributed by atoms with van der Waals surface area (Å²) in [6, 6.07) is 0. The number of allylic oxidation sites excluding steroid dienone is 1. The van der Waals surface area contributed by atoms with Crippen LogP contribution in [0.1, 0.15) is 103 Å². The van der Waals surface area contributed by atoms with Crippen LogP contribution in [0.25, 0.3) is 0 Å². The van der Waals surface area contributed by atoms with Crippen LogP contribution in [0.15, 0.2) is 12.2 Å². The van der Waals surface area contributed by atoms with Crippen molar-refractivity contribution >= 4 is 0 Å². The molecule has 125 valence electrons. The highest BCUT2D eigenvalue weighted by Gasteiger charge is 1.94. The maximum absolute atomic E-state index is 8.60. The molecule has 0 unspecified atom stereocenters. The Morgan fingerprint density at radius 2 is 1.05 bits per heavy atom. The Morgan fingerprint density at radius 1 is 0.571 bits per heavy atom. The van der Waals surface area contributed by atoms with Gasteiger partial charge in [-0.05, 0) is 19.3 Å². The normalized spacial score (nSPS) is 11.5. The molecular weight excluding hydrogens is 256 g/mol. The predicted molar refractivity (Wildman–Crippen MR) is 95.5 cm³/mol. The van der Waals surface area contributed by atoms with Gasteiger partial charge in [-0.1, -0.05) is 103 Å². The zero-order valence-electron chi connectivity index (χ0n) is 14.5. The Morgan fingerprint density at radius 3 is 1.57 bits per heavy atom. The van der Waals surface area contributed by atoms with E-state index >= 15 is 0 Å². The molecule has 0 saturated heterocycles. The van der Waals surface area contributed by atoms with E-state index in [1.807, 2.05) is 6.08 Å². The van der Waals surface area contributed by atoms with Gasteiger partial charge in [0.05, 0.1) is 6.61 Å². The third kappa shape index (κ3) is 19.7. The van der Waals surface area contributed by atoms with Gasteiger partial charge in [-0.25, -0.2) is 0 Å². The standard InChI is InChI=1S/C20H39O/c1-2-3-4-5-6-7-8-9-10-11-12-13-14-15-16-17-18-19-20-21/h11,18-19,21H,2-10,12-17,20H2,1H3. The lowest BCUT2D eigenvalue weighted by atomic mass is 10.0. The molecule has 1 radical (unpaired) electrons. The van der Waals surface area contributed by atoms with Crippen LogP contribution in [0, 0.1) is 6.42 Å². The van der Waals surface area contributed by atoms with Crippen LogP contribution in [0.5, 0.6) is 0 Å². The Balaban J connectivity index is 2.95. The molecule has 0 aliphatic carbocycles. The minimum absolute atomic E-state index is 0.188. The molecule has 1 N–H and O–H groups in total. The van der Waals surface area contributed by atoms with E-state index in [1.165, 1.54) is 89.9 Å². The molecule has 0 aliphatic rings. The molecule has 0 aromatic rings. The average Bonchev–Trinajstić information content (AvgIpc) is 2.50. The lowest BCUT2D eigenvalue weighted by Crippen LogP contribution is -1.84. The van der Waals surface area contributed by atoms with E-state index in [9.17, 15) is 0 Å². The summed E-state index contributed by atoms with van der Waals surface area (Å²) in [6.45, 7) is 2.47. The summed E-state index contributed by atoms with van der Waals surface area (Å²) in [5.41, 5.74) is 0. The van der Waals surface area contributed by atoms with Crippen molar-refractivity contribution in [3.8, 4) is 0 Å². The fourth-order valence-electron chi connectivity index (χ4n) is 2.66. The van der Waals surface area contributed by atoms with Gasteiger partial charge in [-0.3, -0.25) is 0 Å².